The van der Waals surface area contributed by atoms with Crippen LogP contribution in [0.3, 0.4) is 0 Å². The second-order valence-corrected chi connectivity index (χ2v) is 9.67. The van der Waals surface area contributed by atoms with Crippen molar-refractivity contribution < 1.29 is 30.5 Å². The molecule has 4 rings (SSSR count). The van der Waals surface area contributed by atoms with Crippen molar-refractivity contribution in [1.29, 1.82) is 0 Å². The zero-order valence-electron chi connectivity index (χ0n) is 17.4. The van der Waals surface area contributed by atoms with Crippen molar-refractivity contribution in [2.75, 3.05) is 23.1 Å². The van der Waals surface area contributed by atoms with Gasteiger partial charge in [0.05, 0.1) is 0 Å². The van der Waals surface area contributed by atoms with Crippen LogP contribution in [0.4, 0.5) is 29.1 Å². The number of hydrogen-bond acceptors (Lipinski definition) is 6. The van der Waals surface area contributed by atoms with E-state index in [1.165, 1.54) is 25.1 Å². The lowest BCUT2D eigenvalue weighted by molar-refractivity contribution is -0.0227. The molecule has 12 heteroatoms. The Morgan fingerprint density at radius 2 is 1.82 bits per heavy atom. The predicted octanol–water partition coefficient (Wildman–Crippen LogP) is 4.05. The summed E-state index contributed by atoms with van der Waals surface area (Å²) >= 11 is 0. The van der Waals surface area contributed by atoms with Crippen LogP contribution in [-0.2, 0) is 23.1 Å². The van der Waals surface area contributed by atoms with E-state index in [0.29, 0.717) is 12.1 Å². The lowest BCUT2D eigenvalue weighted by atomic mass is 9.97. The van der Waals surface area contributed by atoms with E-state index in [9.17, 15) is 26.0 Å². The quantitative estimate of drug-likeness (QED) is 0.469. The normalized spacial score (nSPS) is 15.8. The van der Waals surface area contributed by atoms with Gasteiger partial charge in [-0.15, -0.1) is 0 Å². The number of sulfonamides is 1. The number of nitrogens with one attached hydrogen (secondary N) is 2. The maximum Gasteiger partial charge on any atom is 0.269 e. The van der Waals surface area contributed by atoms with Gasteiger partial charge in [0.2, 0.25) is 0 Å². The molecule has 0 spiro atoms. The molecule has 1 fully saturated rings. The molecule has 176 valence electrons. The van der Waals surface area contributed by atoms with Crippen LogP contribution in [0.5, 0.6) is 0 Å². The SMILES string of the molecule is CC1(F)CN(Cc2cccc(F)c2CNc2cc(F)c(S(=O)(=O)Nc3ccon3)c(F)c2)C1. The third-order valence-corrected chi connectivity index (χ3v) is 6.53. The summed E-state index contributed by atoms with van der Waals surface area (Å²) in [6.45, 7) is 2.15. The second-order valence-electron chi connectivity index (χ2n) is 8.05. The summed E-state index contributed by atoms with van der Waals surface area (Å²) in [5, 5.41) is 6.06. The molecule has 0 amide bonds. The molecule has 7 nitrogen and oxygen atoms in total. The first-order valence-electron chi connectivity index (χ1n) is 9.88. The third-order valence-electron chi connectivity index (χ3n) is 5.13. The first-order chi connectivity index (χ1) is 15.5. The van der Waals surface area contributed by atoms with Crippen molar-refractivity contribution in [2.24, 2.45) is 0 Å². The van der Waals surface area contributed by atoms with E-state index in [2.05, 4.69) is 15.0 Å². The summed E-state index contributed by atoms with van der Waals surface area (Å²) in [5.41, 5.74) is -0.490. The minimum atomic E-state index is -4.61. The van der Waals surface area contributed by atoms with Gasteiger partial charge in [0.1, 0.15) is 29.4 Å². The fourth-order valence-electron chi connectivity index (χ4n) is 3.75. The number of aromatic nitrogens is 1. The standard InChI is InChI=1S/C21H20F4N4O3S/c1-21(25)11-29(12-21)10-13-3-2-4-16(22)15(13)9-26-14-7-17(23)20(18(24)8-14)33(30,31)28-19-5-6-32-27-19/h2-8,26H,9-12H2,1H3,(H,27,28). The Labute approximate surface area is 187 Å². The Morgan fingerprint density at radius 3 is 2.42 bits per heavy atom. The maximum absolute atomic E-state index is 14.6. The summed E-state index contributed by atoms with van der Waals surface area (Å²) in [6.07, 6.45) is 1.09. The van der Waals surface area contributed by atoms with Crippen molar-refractivity contribution in [3.8, 4) is 0 Å². The van der Waals surface area contributed by atoms with Gasteiger partial charge >= 0.3 is 0 Å². The molecule has 0 atom stereocenters. The van der Waals surface area contributed by atoms with E-state index in [-0.39, 0.29) is 36.7 Å². The van der Waals surface area contributed by atoms with Crippen molar-refractivity contribution in [2.45, 2.75) is 30.6 Å². The summed E-state index contributed by atoms with van der Waals surface area (Å²) < 4.78 is 88.4. The highest BCUT2D eigenvalue weighted by Crippen LogP contribution is 2.29. The molecule has 33 heavy (non-hydrogen) atoms. The van der Waals surface area contributed by atoms with Crippen LogP contribution in [0.25, 0.3) is 0 Å². The Bertz CT molecular complexity index is 1240. The van der Waals surface area contributed by atoms with Crippen molar-refractivity contribution in [1.82, 2.24) is 10.1 Å². The molecule has 2 heterocycles. The van der Waals surface area contributed by atoms with E-state index in [0.717, 1.165) is 18.4 Å². The van der Waals surface area contributed by atoms with Crippen molar-refractivity contribution in [3.63, 3.8) is 0 Å². The minimum absolute atomic E-state index is 0.0835. The molecule has 2 N–H and O–H groups in total. The Balaban J connectivity index is 1.51. The van der Waals surface area contributed by atoms with E-state index in [1.54, 1.807) is 6.07 Å². The van der Waals surface area contributed by atoms with E-state index in [4.69, 9.17) is 0 Å². The number of anilines is 2. The molecular formula is C21H20F4N4O3S. The highest BCUT2D eigenvalue weighted by Gasteiger charge is 2.38. The molecule has 0 unspecified atom stereocenters. The molecule has 0 bridgehead atoms. The van der Waals surface area contributed by atoms with E-state index in [1.807, 2.05) is 9.62 Å². The van der Waals surface area contributed by atoms with E-state index >= 15 is 0 Å². The van der Waals surface area contributed by atoms with Crippen LogP contribution in [0.1, 0.15) is 18.1 Å². The highest BCUT2D eigenvalue weighted by atomic mass is 32.2. The zero-order chi connectivity index (χ0) is 23.8. The lowest BCUT2D eigenvalue weighted by Gasteiger charge is -2.42. The van der Waals surface area contributed by atoms with Gasteiger partial charge in [0, 0.05) is 43.5 Å². The largest absolute Gasteiger partial charge is 0.381 e. The lowest BCUT2D eigenvalue weighted by Crippen LogP contribution is -2.56. The molecule has 1 aliphatic rings. The van der Waals surface area contributed by atoms with Gasteiger partial charge in [0.25, 0.3) is 10.0 Å². The summed E-state index contributed by atoms with van der Waals surface area (Å²) in [6, 6.07) is 7.24. The molecule has 0 saturated carbocycles. The molecule has 3 aromatic rings. The summed E-state index contributed by atoms with van der Waals surface area (Å²) in [5.74, 6) is -3.45. The number of nitrogens with zero attached hydrogens (tertiary/aromatic N) is 2. The third kappa shape index (κ3) is 5.11. The van der Waals surface area contributed by atoms with Gasteiger partial charge in [-0.05, 0) is 30.7 Å². The first kappa shape index (κ1) is 23.1. The maximum atomic E-state index is 14.6. The monoisotopic (exact) mass is 484 g/mol. The molecule has 2 aromatic carbocycles. The molecule has 0 radical (unpaired) electrons. The average Bonchev–Trinajstić information content (AvgIpc) is 3.17. The molecule has 1 aromatic heterocycles. The van der Waals surface area contributed by atoms with Crippen LogP contribution < -0.4 is 10.0 Å². The number of halogens is 4. The van der Waals surface area contributed by atoms with Gasteiger partial charge in [0.15, 0.2) is 10.7 Å². The van der Waals surface area contributed by atoms with Gasteiger partial charge in [-0.2, -0.15) is 0 Å². The second kappa shape index (κ2) is 8.67. The molecular weight excluding hydrogens is 464 g/mol. The highest BCUT2D eigenvalue weighted by molar-refractivity contribution is 7.92. The van der Waals surface area contributed by atoms with Crippen LogP contribution in [0, 0.1) is 17.5 Å². The number of benzene rings is 2. The number of rotatable bonds is 8. The van der Waals surface area contributed by atoms with Gasteiger partial charge in [-0.25, -0.2) is 26.0 Å². The molecule has 1 saturated heterocycles. The Morgan fingerprint density at radius 1 is 1.12 bits per heavy atom. The van der Waals surface area contributed by atoms with Crippen molar-refractivity contribution >= 4 is 21.5 Å². The zero-order valence-corrected chi connectivity index (χ0v) is 18.2. The fraction of sp³-hybridized carbons (Fsp3) is 0.286. The summed E-state index contributed by atoms with van der Waals surface area (Å²) in [4.78, 5) is 0.633. The Hall–Kier alpha value is -3.12. The topological polar surface area (TPSA) is 87.5 Å². The average molecular weight is 484 g/mol. The predicted molar refractivity (Wildman–Crippen MR) is 112 cm³/mol. The van der Waals surface area contributed by atoms with Crippen LogP contribution in [0.15, 0.2) is 52.1 Å². The first-order valence-corrected chi connectivity index (χ1v) is 11.4. The smallest absolute Gasteiger partial charge is 0.269 e. The van der Waals surface area contributed by atoms with Gasteiger partial charge < -0.3 is 9.84 Å². The number of hydrogen-bond donors (Lipinski definition) is 2. The number of alkyl halides is 1. The van der Waals surface area contributed by atoms with Crippen LogP contribution in [-0.4, -0.2) is 37.2 Å². The molecule has 0 aliphatic carbocycles. The minimum Gasteiger partial charge on any atom is -0.381 e. The van der Waals surface area contributed by atoms with Gasteiger partial charge in [-0.3, -0.25) is 9.62 Å². The van der Waals surface area contributed by atoms with Crippen molar-refractivity contribution in [3.05, 3.63) is 71.2 Å². The Kier molecular flexibility index (Phi) is 6.06. The van der Waals surface area contributed by atoms with Crippen LogP contribution >= 0.6 is 0 Å². The number of likely N-dealkylation sites (tertiary alicyclic amines) is 1. The van der Waals surface area contributed by atoms with Gasteiger partial charge in [-0.1, -0.05) is 17.3 Å². The fourth-order valence-corrected chi connectivity index (χ4v) is 4.87. The summed E-state index contributed by atoms with van der Waals surface area (Å²) in [7, 11) is -4.61. The van der Waals surface area contributed by atoms with E-state index < -0.39 is 38.0 Å². The van der Waals surface area contributed by atoms with Crippen LogP contribution in [0.2, 0.25) is 0 Å². The molecule has 1 aliphatic heterocycles.